The maximum atomic E-state index is 12.5. The average Bonchev–Trinajstić information content (AvgIpc) is 3.03. The van der Waals surface area contributed by atoms with Crippen molar-refractivity contribution in [1.29, 1.82) is 0 Å². The first-order chi connectivity index (χ1) is 11.6. The molecule has 1 aromatic heterocycles. The fraction of sp³-hybridized carbons (Fsp3) is 0.562. The molecule has 25 heavy (non-hydrogen) atoms. The molecule has 0 spiro atoms. The van der Waals surface area contributed by atoms with Crippen molar-refractivity contribution in [3.8, 4) is 0 Å². The molecule has 9 heteroatoms. The van der Waals surface area contributed by atoms with Crippen molar-refractivity contribution < 1.29 is 19.6 Å². The molecular weight excluding hydrogens is 323 g/mol. The van der Waals surface area contributed by atoms with Gasteiger partial charge in [0.15, 0.2) is 0 Å². The first-order valence-electron chi connectivity index (χ1n) is 8.37. The minimum atomic E-state index is -1.57. The van der Waals surface area contributed by atoms with Crippen LogP contribution in [0, 0.1) is 0 Å². The van der Waals surface area contributed by atoms with Gasteiger partial charge in [-0.05, 0) is 25.8 Å². The van der Waals surface area contributed by atoms with Gasteiger partial charge in [0.1, 0.15) is 6.04 Å². The van der Waals surface area contributed by atoms with Gasteiger partial charge in [-0.1, -0.05) is 0 Å². The lowest BCUT2D eigenvalue weighted by Gasteiger charge is -2.27. The Hall–Kier alpha value is -1.97. The van der Waals surface area contributed by atoms with Gasteiger partial charge in [0, 0.05) is 24.4 Å². The van der Waals surface area contributed by atoms with Crippen LogP contribution in [0.15, 0.2) is 18.3 Å². The van der Waals surface area contributed by atoms with E-state index in [0.29, 0.717) is 29.4 Å². The van der Waals surface area contributed by atoms with E-state index in [-0.39, 0.29) is 11.8 Å². The van der Waals surface area contributed by atoms with Crippen LogP contribution in [0.2, 0.25) is 0 Å². The van der Waals surface area contributed by atoms with E-state index >= 15 is 0 Å². The van der Waals surface area contributed by atoms with Gasteiger partial charge in [0.2, 0.25) is 11.7 Å². The Balaban J connectivity index is 2.06. The summed E-state index contributed by atoms with van der Waals surface area (Å²) in [5, 5.41) is 21.5. The molecule has 0 bridgehead atoms. The van der Waals surface area contributed by atoms with Crippen molar-refractivity contribution in [2.24, 2.45) is 0 Å². The third-order valence-electron chi connectivity index (χ3n) is 4.34. The van der Waals surface area contributed by atoms with Crippen LogP contribution < -0.4 is 9.80 Å². The van der Waals surface area contributed by atoms with Crippen molar-refractivity contribution in [3.63, 3.8) is 0 Å². The molecule has 2 amide bonds. The Kier molecular flexibility index (Phi) is 5.81. The zero-order chi connectivity index (χ0) is 18.8. The minimum absolute atomic E-state index is 0.315. The summed E-state index contributed by atoms with van der Waals surface area (Å²) in [7, 11) is 4.28. The lowest BCUT2D eigenvalue weighted by molar-refractivity contribution is -0.132. The van der Waals surface area contributed by atoms with Crippen LogP contribution in [0.5, 0.6) is 0 Å². The Morgan fingerprint density at radius 3 is 2.68 bits per heavy atom. The topological polar surface area (TPSA) is 103 Å². The molecule has 0 aliphatic carbocycles. The van der Waals surface area contributed by atoms with Gasteiger partial charge in [-0.15, -0.1) is 0 Å². The molecule has 1 aliphatic heterocycles. The molecule has 2 heterocycles. The highest BCUT2D eigenvalue weighted by Gasteiger charge is 2.38. The van der Waals surface area contributed by atoms with Crippen molar-refractivity contribution in [2.75, 3.05) is 27.7 Å². The second-order valence-electron chi connectivity index (χ2n) is 7.27. The Bertz CT molecular complexity index is 647. The highest BCUT2D eigenvalue weighted by Crippen LogP contribution is 2.19. The summed E-state index contributed by atoms with van der Waals surface area (Å²) in [6, 6.07) is 2.54. The lowest BCUT2D eigenvalue weighted by atomic mass is 9.78. The van der Waals surface area contributed by atoms with Crippen molar-refractivity contribution in [3.05, 3.63) is 23.9 Å². The van der Waals surface area contributed by atoms with Crippen LogP contribution in [0.3, 0.4) is 0 Å². The number of quaternary nitrogens is 1. The number of amides is 2. The third kappa shape index (κ3) is 4.56. The molecular formula is C16H26BN4O4+. The fourth-order valence-corrected chi connectivity index (χ4v) is 2.89. The predicted molar refractivity (Wildman–Crippen MR) is 95.7 cm³/mol. The number of likely N-dealkylation sites (tertiary alicyclic amines) is 1. The summed E-state index contributed by atoms with van der Waals surface area (Å²) in [5.41, 5.74) is 0.429. The number of hydrogen-bond acceptors (Lipinski definition) is 5. The quantitative estimate of drug-likeness (QED) is 0.487. The van der Waals surface area contributed by atoms with Gasteiger partial charge in [0.25, 0.3) is 5.91 Å². The smallest absolute Gasteiger partial charge is 0.426 e. The Morgan fingerprint density at radius 2 is 2.08 bits per heavy atom. The van der Waals surface area contributed by atoms with E-state index in [0.717, 1.165) is 5.82 Å². The van der Waals surface area contributed by atoms with E-state index in [2.05, 4.69) is 10.3 Å². The molecule has 1 aliphatic rings. The van der Waals surface area contributed by atoms with E-state index in [4.69, 9.17) is 0 Å². The fourth-order valence-electron chi connectivity index (χ4n) is 2.89. The first kappa shape index (κ1) is 19.4. The predicted octanol–water partition coefficient (Wildman–Crippen LogP) is -0.600. The maximum absolute atomic E-state index is 12.5. The van der Waals surface area contributed by atoms with Gasteiger partial charge >= 0.3 is 7.12 Å². The van der Waals surface area contributed by atoms with Crippen molar-refractivity contribution in [2.45, 2.75) is 31.7 Å². The van der Waals surface area contributed by atoms with Gasteiger partial charge in [-0.2, -0.15) is 0 Å². The number of pyridine rings is 1. The lowest BCUT2D eigenvalue weighted by Crippen LogP contribution is -2.52. The number of rotatable bonds is 5. The van der Waals surface area contributed by atoms with Crippen LogP contribution in [0.1, 0.15) is 30.1 Å². The molecule has 2 atom stereocenters. The molecule has 3 N–H and O–H groups in total. The Labute approximate surface area is 148 Å². The summed E-state index contributed by atoms with van der Waals surface area (Å²) >= 11 is 0. The summed E-state index contributed by atoms with van der Waals surface area (Å²) in [5.74, 6) is -0.560. The standard InChI is InChI=1S/C16H25BN4O4/c1-11(16(23)20-9-5-6-13(20)17(24)25)19-15(22)12-7-8-18-14(10-12)21(2,3)4/h7-8,10-11,13,24-25H,5-6,9H2,1-4H3/p+1/t11-,13+/m1/s1. The average molecular weight is 349 g/mol. The molecule has 0 aromatic carbocycles. The number of hydrogen-bond donors (Lipinski definition) is 3. The summed E-state index contributed by atoms with van der Waals surface area (Å²) in [6.45, 7) is 2.06. The van der Waals surface area contributed by atoms with E-state index in [9.17, 15) is 19.6 Å². The monoisotopic (exact) mass is 349 g/mol. The highest BCUT2D eigenvalue weighted by molar-refractivity contribution is 6.43. The summed E-state index contributed by atoms with van der Waals surface area (Å²) in [4.78, 5) is 30.7. The van der Waals surface area contributed by atoms with Crippen molar-refractivity contribution in [1.82, 2.24) is 19.7 Å². The number of carbonyl (C=O) groups is 2. The molecule has 2 rings (SSSR count). The maximum Gasteiger partial charge on any atom is 0.475 e. The van der Waals surface area contributed by atoms with Crippen LogP contribution in [0.25, 0.3) is 0 Å². The normalized spacial score (nSPS) is 18.8. The molecule has 0 unspecified atom stereocenters. The molecule has 136 valence electrons. The number of aromatic nitrogens is 1. The van der Waals surface area contributed by atoms with Crippen LogP contribution in [0.4, 0.5) is 5.82 Å². The molecule has 8 nitrogen and oxygen atoms in total. The largest absolute Gasteiger partial charge is 0.475 e. The molecule has 0 saturated carbocycles. The SMILES string of the molecule is C[C@@H](NC(=O)c1ccnc([N+](C)(C)C)c1)C(=O)N1CCC[C@H]1B(O)O. The van der Waals surface area contributed by atoms with E-state index in [1.54, 1.807) is 25.3 Å². The number of nitrogens with zero attached hydrogens (tertiary/aromatic N) is 3. The van der Waals surface area contributed by atoms with Crippen LogP contribution >= 0.6 is 0 Å². The van der Waals surface area contributed by atoms with E-state index in [1.165, 1.54) is 4.90 Å². The van der Waals surface area contributed by atoms with Gasteiger partial charge in [-0.25, -0.2) is 4.98 Å². The Morgan fingerprint density at radius 1 is 1.40 bits per heavy atom. The van der Waals surface area contributed by atoms with Crippen LogP contribution in [-0.4, -0.2) is 78.5 Å². The summed E-state index contributed by atoms with van der Waals surface area (Å²) in [6.07, 6.45) is 2.83. The van der Waals surface area contributed by atoms with Gasteiger partial charge in [0.05, 0.1) is 27.1 Å². The van der Waals surface area contributed by atoms with E-state index < -0.39 is 19.1 Å². The van der Waals surface area contributed by atoms with E-state index in [1.807, 2.05) is 21.1 Å². The molecule has 1 fully saturated rings. The number of carbonyl (C=O) groups excluding carboxylic acids is 2. The van der Waals surface area contributed by atoms with Crippen LogP contribution in [-0.2, 0) is 4.79 Å². The third-order valence-corrected chi connectivity index (χ3v) is 4.34. The molecule has 1 saturated heterocycles. The number of nitrogens with one attached hydrogen (secondary N) is 1. The second kappa shape index (κ2) is 7.51. The second-order valence-corrected chi connectivity index (χ2v) is 7.27. The zero-order valence-corrected chi connectivity index (χ0v) is 15.1. The molecule has 1 aromatic rings. The highest BCUT2D eigenvalue weighted by atomic mass is 16.4. The minimum Gasteiger partial charge on any atom is -0.426 e. The van der Waals surface area contributed by atoms with Crippen molar-refractivity contribution >= 4 is 24.8 Å². The molecule has 0 radical (unpaired) electrons. The van der Waals surface area contributed by atoms with Gasteiger partial charge < -0.3 is 20.3 Å². The summed E-state index contributed by atoms with van der Waals surface area (Å²) < 4.78 is 0.472. The first-order valence-corrected chi connectivity index (χ1v) is 8.37. The van der Waals surface area contributed by atoms with Gasteiger partial charge in [-0.3, -0.25) is 14.1 Å². The zero-order valence-electron chi connectivity index (χ0n) is 15.1.